The van der Waals surface area contributed by atoms with Crippen molar-refractivity contribution in [1.29, 1.82) is 0 Å². The third kappa shape index (κ3) is 4.24. The van der Waals surface area contributed by atoms with Crippen molar-refractivity contribution in [2.45, 2.75) is 20.4 Å². The van der Waals surface area contributed by atoms with Crippen molar-refractivity contribution in [3.8, 4) is 22.7 Å². The van der Waals surface area contributed by atoms with Gasteiger partial charge in [-0.15, -0.1) is 0 Å². The predicted octanol–water partition coefficient (Wildman–Crippen LogP) is 2.90. The molecule has 11 nitrogen and oxygen atoms in total. The van der Waals surface area contributed by atoms with Crippen LogP contribution >= 0.6 is 0 Å². The van der Waals surface area contributed by atoms with Crippen molar-refractivity contribution in [3.05, 3.63) is 76.5 Å². The number of aryl methyl sites for hydroxylation is 2. The minimum absolute atomic E-state index is 0.214. The third-order valence-electron chi connectivity index (χ3n) is 6.33. The molecule has 4 aromatic rings. The Morgan fingerprint density at radius 2 is 1.89 bits per heavy atom. The molecule has 3 amide bonds. The van der Waals surface area contributed by atoms with Gasteiger partial charge >= 0.3 is 11.7 Å². The predicted molar refractivity (Wildman–Crippen MR) is 139 cm³/mol. The SMILES string of the molecule is CCn1c(-c2ccc(-n3c(C)nn(C)c3=O)cc2)cc2c1N(C(=O)Nc1cccc(C(N)=O)c1)CCO2. The van der Waals surface area contributed by atoms with E-state index in [0.717, 1.165) is 11.3 Å². The number of primary amides is 1. The van der Waals surface area contributed by atoms with Gasteiger partial charge in [0.05, 0.1) is 17.9 Å². The molecule has 1 aliphatic heterocycles. The number of amides is 3. The molecule has 190 valence electrons. The van der Waals surface area contributed by atoms with E-state index >= 15 is 0 Å². The summed E-state index contributed by atoms with van der Waals surface area (Å²) < 4.78 is 10.8. The van der Waals surface area contributed by atoms with Gasteiger partial charge in [-0.2, -0.15) is 5.10 Å². The quantitative estimate of drug-likeness (QED) is 0.434. The zero-order valence-electron chi connectivity index (χ0n) is 20.8. The van der Waals surface area contributed by atoms with E-state index in [-0.39, 0.29) is 11.7 Å². The highest BCUT2D eigenvalue weighted by Gasteiger charge is 2.30. The molecule has 0 spiro atoms. The highest BCUT2D eigenvalue weighted by molar-refractivity contribution is 6.03. The fourth-order valence-electron chi connectivity index (χ4n) is 4.62. The van der Waals surface area contributed by atoms with Gasteiger partial charge in [0.2, 0.25) is 5.91 Å². The molecule has 3 heterocycles. The third-order valence-corrected chi connectivity index (χ3v) is 6.33. The molecule has 0 fully saturated rings. The summed E-state index contributed by atoms with van der Waals surface area (Å²) in [6, 6.07) is 15.7. The van der Waals surface area contributed by atoms with Crippen molar-refractivity contribution in [2.75, 3.05) is 23.4 Å². The Kier molecular flexibility index (Phi) is 6.04. The molecule has 5 rings (SSSR count). The number of urea groups is 1. The fraction of sp³-hybridized carbons (Fsp3) is 0.231. The second-order valence-electron chi connectivity index (χ2n) is 8.67. The van der Waals surface area contributed by atoms with Crippen LogP contribution in [-0.2, 0) is 13.6 Å². The first-order valence-corrected chi connectivity index (χ1v) is 11.9. The Morgan fingerprint density at radius 3 is 2.54 bits per heavy atom. The van der Waals surface area contributed by atoms with E-state index in [0.29, 0.717) is 54.0 Å². The summed E-state index contributed by atoms with van der Waals surface area (Å²) in [4.78, 5) is 38.9. The number of anilines is 2. The number of hydrogen-bond donors (Lipinski definition) is 2. The highest BCUT2D eigenvalue weighted by Crippen LogP contribution is 2.40. The van der Waals surface area contributed by atoms with Gasteiger partial charge in [-0.3, -0.25) is 9.69 Å². The number of aromatic nitrogens is 4. The van der Waals surface area contributed by atoms with Gasteiger partial charge in [0.1, 0.15) is 12.4 Å². The maximum atomic E-state index is 13.3. The van der Waals surface area contributed by atoms with Gasteiger partial charge in [-0.25, -0.2) is 18.8 Å². The smallest absolute Gasteiger partial charge is 0.350 e. The first-order chi connectivity index (χ1) is 17.8. The average Bonchev–Trinajstić information content (AvgIpc) is 3.39. The molecule has 3 N–H and O–H groups in total. The number of carbonyl (C=O) groups is 2. The lowest BCUT2D eigenvalue weighted by Crippen LogP contribution is -2.41. The molecule has 37 heavy (non-hydrogen) atoms. The van der Waals surface area contributed by atoms with Gasteiger partial charge in [0.25, 0.3) is 0 Å². The number of nitrogens with one attached hydrogen (secondary N) is 1. The standard InChI is InChI=1S/C26H27N7O4/c1-4-31-21(17-8-10-20(11-9-17)33-16(2)29-30(3)26(33)36)15-22-24(31)32(12-13-37-22)25(35)28-19-7-5-6-18(14-19)23(27)34/h5-11,14-15H,4,12-13H2,1-3H3,(H2,27,34)(H,28,35). The van der Waals surface area contributed by atoms with Crippen molar-refractivity contribution in [1.82, 2.24) is 18.9 Å². The molecule has 1 aliphatic rings. The van der Waals surface area contributed by atoms with Gasteiger partial charge in [0, 0.05) is 30.9 Å². The maximum Gasteiger partial charge on any atom is 0.350 e. The van der Waals surface area contributed by atoms with Crippen LogP contribution in [0.3, 0.4) is 0 Å². The fourth-order valence-corrected chi connectivity index (χ4v) is 4.62. The van der Waals surface area contributed by atoms with E-state index in [2.05, 4.69) is 10.4 Å². The summed E-state index contributed by atoms with van der Waals surface area (Å²) in [5, 5.41) is 7.04. The number of carbonyl (C=O) groups excluding carboxylic acids is 2. The monoisotopic (exact) mass is 501 g/mol. The topological polar surface area (TPSA) is 129 Å². The Balaban J connectivity index is 1.47. The minimum atomic E-state index is -0.566. The number of nitrogens with zero attached hydrogens (tertiary/aromatic N) is 5. The van der Waals surface area contributed by atoms with Crippen molar-refractivity contribution in [2.24, 2.45) is 12.8 Å². The number of rotatable bonds is 5. The summed E-state index contributed by atoms with van der Waals surface area (Å²) in [6.45, 7) is 5.08. The van der Waals surface area contributed by atoms with E-state index in [1.165, 1.54) is 4.68 Å². The number of benzene rings is 2. The summed E-state index contributed by atoms with van der Waals surface area (Å²) >= 11 is 0. The van der Waals surface area contributed by atoms with Crippen LogP contribution in [0.2, 0.25) is 0 Å². The molecule has 0 saturated heterocycles. The molecular formula is C26H27N7O4. The summed E-state index contributed by atoms with van der Waals surface area (Å²) in [5.74, 6) is 1.29. The maximum absolute atomic E-state index is 13.3. The first kappa shape index (κ1) is 23.9. The number of ether oxygens (including phenoxy) is 1. The van der Waals surface area contributed by atoms with Crippen molar-refractivity contribution < 1.29 is 14.3 Å². The van der Waals surface area contributed by atoms with Crippen LogP contribution in [-0.4, -0.2) is 44.0 Å². The van der Waals surface area contributed by atoms with Gasteiger partial charge in [-0.1, -0.05) is 18.2 Å². The molecule has 0 saturated carbocycles. The lowest BCUT2D eigenvalue weighted by atomic mass is 10.1. The second-order valence-corrected chi connectivity index (χ2v) is 8.67. The number of fused-ring (bicyclic) bond motifs is 1. The van der Waals surface area contributed by atoms with Crippen LogP contribution in [0.1, 0.15) is 23.1 Å². The van der Waals surface area contributed by atoms with Crippen LogP contribution in [0, 0.1) is 6.92 Å². The lowest BCUT2D eigenvalue weighted by Gasteiger charge is -2.29. The van der Waals surface area contributed by atoms with Crippen LogP contribution in [0.4, 0.5) is 16.3 Å². The van der Waals surface area contributed by atoms with E-state index in [9.17, 15) is 14.4 Å². The van der Waals surface area contributed by atoms with Crippen molar-refractivity contribution in [3.63, 3.8) is 0 Å². The zero-order chi connectivity index (χ0) is 26.3. The van der Waals surface area contributed by atoms with Crippen LogP contribution in [0.5, 0.6) is 5.75 Å². The van der Waals surface area contributed by atoms with Crippen molar-refractivity contribution >= 4 is 23.4 Å². The highest BCUT2D eigenvalue weighted by atomic mass is 16.5. The summed E-state index contributed by atoms with van der Waals surface area (Å²) in [7, 11) is 1.62. The minimum Gasteiger partial charge on any atom is -0.488 e. The van der Waals surface area contributed by atoms with E-state index in [1.807, 2.05) is 41.8 Å². The average molecular weight is 502 g/mol. The molecule has 0 unspecified atom stereocenters. The van der Waals surface area contributed by atoms with Crippen LogP contribution < -0.4 is 26.4 Å². The van der Waals surface area contributed by atoms with Crippen LogP contribution in [0.15, 0.2) is 59.4 Å². The van der Waals surface area contributed by atoms with Gasteiger partial charge in [0.15, 0.2) is 11.6 Å². The largest absolute Gasteiger partial charge is 0.488 e. The Bertz CT molecular complexity index is 1560. The van der Waals surface area contributed by atoms with E-state index in [4.69, 9.17) is 10.5 Å². The lowest BCUT2D eigenvalue weighted by molar-refractivity contribution is 0.1000. The normalized spacial score (nSPS) is 12.7. The summed E-state index contributed by atoms with van der Waals surface area (Å²) in [6.07, 6.45) is 0. The molecule has 2 aromatic heterocycles. The van der Waals surface area contributed by atoms with Gasteiger partial charge in [-0.05, 0) is 49.7 Å². The zero-order valence-corrected chi connectivity index (χ0v) is 20.8. The molecular weight excluding hydrogens is 474 g/mol. The van der Waals surface area contributed by atoms with Gasteiger partial charge < -0.3 is 20.4 Å². The molecule has 2 aromatic carbocycles. The molecule has 0 bridgehead atoms. The second kappa shape index (κ2) is 9.34. The van der Waals surface area contributed by atoms with Crippen LogP contribution in [0.25, 0.3) is 16.9 Å². The Labute approximate surface area is 212 Å². The molecule has 0 atom stereocenters. The van der Waals surface area contributed by atoms with E-state index < -0.39 is 5.91 Å². The van der Waals surface area contributed by atoms with E-state index in [1.54, 1.807) is 47.7 Å². The first-order valence-electron chi connectivity index (χ1n) is 11.9. The summed E-state index contributed by atoms with van der Waals surface area (Å²) in [5.41, 5.74) is 8.45. The molecule has 0 radical (unpaired) electrons. The molecule has 0 aliphatic carbocycles. The Hall–Kier alpha value is -4.80. The Morgan fingerprint density at radius 1 is 1.14 bits per heavy atom. The number of hydrogen-bond acceptors (Lipinski definition) is 5. The molecule has 11 heteroatoms. The number of nitrogens with two attached hydrogens (primary N) is 1.